The number of aliphatic carboxylic acids is 1. The second-order valence-corrected chi connectivity index (χ2v) is 6.66. The zero-order valence-electron chi connectivity index (χ0n) is 11.8. The highest BCUT2D eigenvalue weighted by atomic mass is 32.1. The molecule has 1 unspecified atom stereocenters. The molecule has 1 atom stereocenters. The summed E-state index contributed by atoms with van der Waals surface area (Å²) in [6, 6.07) is 2.73. The monoisotopic (exact) mass is 281 g/mol. The summed E-state index contributed by atoms with van der Waals surface area (Å²) in [6.07, 6.45) is 4.09. The van der Waals surface area contributed by atoms with Crippen molar-refractivity contribution in [2.24, 2.45) is 5.41 Å². The summed E-state index contributed by atoms with van der Waals surface area (Å²) in [7, 11) is 0. The summed E-state index contributed by atoms with van der Waals surface area (Å²) in [5, 5.41) is 13.8. The summed E-state index contributed by atoms with van der Waals surface area (Å²) in [6.45, 7) is 5.50. The van der Waals surface area contributed by atoms with Crippen LogP contribution in [0.15, 0.2) is 16.8 Å². The lowest BCUT2D eigenvalue weighted by molar-refractivity contribution is -0.149. The van der Waals surface area contributed by atoms with Gasteiger partial charge in [-0.25, -0.2) is 0 Å². The molecule has 1 saturated carbocycles. The Kier molecular flexibility index (Phi) is 4.63. The lowest BCUT2D eigenvalue weighted by Gasteiger charge is -2.32. The van der Waals surface area contributed by atoms with E-state index in [0.717, 1.165) is 19.4 Å². The lowest BCUT2D eigenvalue weighted by Crippen LogP contribution is -2.41. The number of carbonyl (C=O) groups is 1. The van der Waals surface area contributed by atoms with Crippen molar-refractivity contribution in [2.45, 2.75) is 52.1 Å². The molecule has 0 aromatic carbocycles. The highest BCUT2D eigenvalue weighted by molar-refractivity contribution is 7.07. The number of thiophene rings is 1. The molecular weight excluding hydrogens is 258 g/mol. The van der Waals surface area contributed by atoms with E-state index in [1.807, 2.05) is 6.92 Å². The topological polar surface area (TPSA) is 40.5 Å². The van der Waals surface area contributed by atoms with Gasteiger partial charge in [-0.2, -0.15) is 11.3 Å². The van der Waals surface area contributed by atoms with Crippen molar-refractivity contribution in [2.75, 3.05) is 6.54 Å². The molecule has 1 N–H and O–H groups in total. The Morgan fingerprint density at radius 1 is 1.58 bits per heavy atom. The average molecular weight is 281 g/mol. The van der Waals surface area contributed by atoms with Crippen LogP contribution in [0.25, 0.3) is 0 Å². The molecule has 0 aliphatic heterocycles. The Bertz CT molecular complexity index is 414. The van der Waals surface area contributed by atoms with Gasteiger partial charge in [0, 0.05) is 19.1 Å². The van der Waals surface area contributed by atoms with Crippen molar-refractivity contribution in [3.8, 4) is 0 Å². The van der Waals surface area contributed by atoms with Crippen LogP contribution >= 0.6 is 11.3 Å². The van der Waals surface area contributed by atoms with Crippen molar-refractivity contribution < 1.29 is 9.90 Å². The van der Waals surface area contributed by atoms with Crippen LogP contribution in [0, 0.1) is 5.41 Å². The van der Waals surface area contributed by atoms with Gasteiger partial charge in [-0.3, -0.25) is 9.69 Å². The maximum atomic E-state index is 11.6. The molecule has 1 aliphatic carbocycles. The highest BCUT2D eigenvalue weighted by Crippen LogP contribution is 2.34. The van der Waals surface area contributed by atoms with Crippen LogP contribution in [-0.4, -0.2) is 28.6 Å². The van der Waals surface area contributed by atoms with E-state index >= 15 is 0 Å². The van der Waals surface area contributed by atoms with Gasteiger partial charge in [0.2, 0.25) is 0 Å². The van der Waals surface area contributed by atoms with Crippen molar-refractivity contribution in [3.05, 3.63) is 22.4 Å². The Morgan fingerprint density at radius 3 is 2.79 bits per heavy atom. The zero-order valence-corrected chi connectivity index (χ0v) is 12.6. The van der Waals surface area contributed by atoms with Gasteiger partial charge in [-0.1, -0.05) is 13.3 Å². The SMILES string of the molecule is CCCC(C)(CN(Cc1ccsc1)C1CC1)C(=O)O. The number of carboxylic acids is 1. The van der Waals surface area contributed by atoms with Gasteiger partial charge in [-0.05, 0) is 48.6 Å². The van der Waals surface area contributed by atoms with E-state index in [9.17, 15) is 9.90 Å². The maximum absolute atomic E-state index is 11.6. The Balaban J connectivity index is 2.04. The van der Waals surface area contributed by atoms with Crippen molar-refractivity contribution in [3.63, 3.8) is 0 Å². The molecule has 1 aliphatic rings. The van der Waals surface area contributed by atoms with E-state index in [1.165, 1.54) is 18.4 Å². The maximum Gasteiger partial charge on any atom is 0.310 e. The summed E-state index contributed by atoms with van der Waals surface area (Å²) in [4.78, 5) is 13.9. The van der Waals surface area contributed by atoms with E-state index < -0.39 is 11.4 Å². The minimum Gasteiger partial charge on any atom is -0.481 e. The standard InChI is InChI=1S/C15H23NO2S/c1-3-7-15(2,14(17)18)11-16(13-4-5-13)9-12-6-8-19-10-12/h6,8,10,13H,3-5,7,9,11H2,1-2H3,(H,17,18). The second kappa shape index (κ2) is 6.06. The molecule has 0 saturated heterocycles. The van der Waals surface area contributed by atoms with Crippen molar-refractivity contribution >= 4 is 17.3 Å². The molecular formula is C15H23NO2S. The molecule has 4 heteroatoms. The lowest BCUT2D eigenvalue weighted by atomic mass is 9.85. The molecule has 1 heterocycles. The smallest absolute Gasteiger partial charge is 0.310 e. The first kappa shape index (κ1) is 14.5. The van der Waals surface area contributed by atoms with Crippen LogP contribution in [0.3, 0.4) is 0 Å². The molecule has 3 nitrogen and oxygen atoms in total. The normalized spacial score (nSPS) is 18.5. The van der Waals surface area contributed by atoms with Crippen molar-refractivity contribution in [1.82, 2.24) is 4.90 Å². The molecule has 2 rings (SSSR count). The molecule has 19 heavy (non-hydrogen) atoms. The fourth-order valence-electron chi connectivity index (χ4n) is 2.62. The predicted molar refractivity (Wildman–Crippen MR) is 78.4 cm³/mol. The third kappa shape index (κ3) is 3.80. The third-order valence-electron chi connectivity index (χ3n) is 3.90. The summed E-state index contributed by atoms with van der Waals surface area (Å²) >= 11 is 1.71. The summed E-state index contributed by atoms with van der Waals surface area (Å²) in [5.74, 6) is -0.662. The van der Waals surface area contributed by atoms with Gasteiger partial charge in [0.25, 0.3) is 0 Å². The summed E-state index contributed by atoms with van der Waals surface area (Å²) in [5.41, 5.74) is 0.689. The number of carboxylic acid groups (broad SMARTS) is 1. The van der Waals surface area contributed by atoms with Crippen LogP contribution < -0.4 is 0 Å². The minimum atomic E-state index is -0.662. The molecule has 0 bridgehead atoms. The fourth-order valence-corrected chi connectivity index (χ4v) is 3.28. The average Bonchev–Trinajstić information content (AvgIpc) is 3.08. The molecule has 106 valence electrons. The number of nitrogens with zero attached hydrogens (tertiary/aromatic N) is 1. The van der Waals surface area contributed by atoms with E-state index in [-0.39, 0.29) is 0 Å². The molecule has 1 aromatic heterocycles. The number of hydrogen-bond acceptors (Lipinski definition) is 3. The van der Waals surface area contributed by atoms with Gasteiger partial charge in [0.05, 0.1) is 5.41 Å². The molecule has 0 spiro atoms. The first-order valence-corrected chi connectivity index (χ1v) is 7.98. The van der Waals surface area contributed by atoms with E-state index in [2.05, 4.69) is 28.7 Å². The third-order valence-corrected chi connectivity index (χ3v) is 4.63. The zero-order chi connectivity index (χ0) is 13.9. The van der Waals surface area contributed by atoms with Gasteiger partial charge < -0.3 is 5.11 Å². The Morgan fingerprint density at radius 2 is 2.32 bits per heavy atom. The summed E-state index contributed by atoms with van der Waals surface area (Å²) < 4.78 is 0. The Labute approximate surface area is 119 Å². The van der Waals surface area contributed by atoms with Gasteiger partial charge in [-0.15, -0.1) is 0 Å². The highest BCUT2D eigenvalue weighted by Gasteiger charge is 2.39. The van der Waals surface area contributed by atoms with Crippen LogP contribution in [0.1, 0.15) is 45.1 Å². The van der Waals surface area contributed by atoms with Gasteiger partial charge in [0.1, 0.15) is 0 Å². The minimum absolute atomic E-state index is 0.593. The number of hydrogen-bond donors (Lipinski definition) is 1. The first-order chi connectivity index (χ1) is 9.05. The molecule has 1 fully saturated rings. The molecule has 1 aromatic rings. The quantitative estimate of drug-likeness (QED) is 0.791. The van der Waals surface area contributed by atoms with Crippen LogP contribution in [0.2, 0.25) is 0 Å². The fraction of sp³-hybridized carbons (Fsp3) is 0.667. The second-order valence-electron chi connectivity index (χ2n) is 5.88. The number of rotatable bonds is 8. The van der Waals surface area contributed by atoms with Gasteiger partial charge >= 0.3 is 5.97 Å². The van der Waals surface area contributed by atoms with Gasteiger partial charge in [0.15, 0.2) is 0 Å². The van der Waals surface area contributed by atoms with Crippen LogP contribution in [-0.2, 0) is 11.3 Å². The van der Waals surface area contributed by atoms with Crippen LogP contribution in [0.4, 0.5) is 0 Å². The molecule has 0 radical (unpaired) electrons. The first-order valence-electron chi connectivity index (χ1n) is 7.03. The van der Waals surface area contributed by atoms with Crippen LogP contribution in [0.5, 0.6) is 0 Å². The van der Waals surface area contributed by atoms with E-state index in [1.54, 1.807) is 11.3 Å². The van der Waals surface area contributed by atoms with Crippen molar-refractivity contribution in [1.29, 1.82) is 0 Å². The largest absolute Gasteiger partial charge is 0.481 e. The molecule has 0 amide bonds. The Hall–Kier alpha value is -0.870. The predicted octanol–water partition coefficient (Wildman–Crippen LogP) is 3.60. The van der Waals surface area contributed by atoms with E-state index in [4.69, 9.17) is 0 Å². The van der Waals surface area contributed by atoms with E-state index in [0.29, 0.717) is 12.6 Å².